The molecule has 1 aliphatic rings. The molecule has 112 valence electrons. The summed E-state index contributed by atoms with van der Waals surface area (Å²) in [6, 6.07) is 8.59. The lowest BCUT2D eigenvalue weighted by molar-refractivity contribution is 0.359. The van der Waals surface area contributed by atoms with E-state index < -0.39 is 0 Å². The molecule has 0 radical (unpaired) electrons. The Morgan fingerprint density at radius 2 is 1.90 bits per heavy atom. The summed E-state index contributed by atoms with van der Waals surface area (Å²) < 4.78 is 5.23. The van der Waals surface area contributed by atoms with Crippen molar-refractivity contribution in [1.82, 2.24) is 5.32 Å². The standard InChI is InChI=1S/C18H29NO/c1-3-19-14-17(12-15-6-4-5-7-15)13-16-8-10-18(20-2)11-9-16/h8-11,15,17,19H,3-7,12-14H2,1-2H3. The predicted octanol–water partition coefficient (Wildman–Crippen LogP) is 4.04. The van der Waals surface area contributed by atoms with Crippen molar-refractivity contribution < 1.29 is 4.74 Å². The summed E-state index contributed by atoms with van der Waals surface area (Å²) in [5, 5.41) is 3.54. The van der Waals surface area contributed by atoms with Gasteiger partial charge in [0.2, 0.25) is 0 Å². The molecule has 1 N–H and O–H groups in total. The van der Waals surface area contributed by atoms with E-state index in [1.165, 1.54) is 44.1 Å². The van der Waals surface area contributed by atoms with Crippen LogP contribution in [0.1, 0.15) is 44.6 Å². The van der Waals surface area contributed by atoms with Gasteiger partial charge in [-0.2, -0.15) is 0 Å². The number of rotatable bonds is 8. The normalized spacial score (nSPS) is 17.3. The number of nitrogens with one attached hydrogen (secondary N) is 1. The largest absolute Gasteiger partial charge is 0.497 e. The molecule has 1 atom stereocenters. The van der Waals surface area contributed by atoms with E-state index in [9.17, 15) is 0 Å². The fourth-order valence-electron chi connectivity index (χ4n) is 3.40. The lowest BCUT2D eigenvalue weighted by Crippen LogP contribution is -2.25. The van der Waals surface area contributed by atoms with E-state index in [1.807, 2.05) is 0 Å². The molecule has 2 nitrogen and oxygen atoms in total. The Morgan fingerprint density at radius 1 is 1.20 bits per heavy atom. The molecule has 0 heterocycles. The predicted molar refractivity (Wildman–Crippen MR) is 85.3 cm³/mol. The van der Waals surface area contributed by atoms with Crippen LogP contribution in [-0.4, -0.2) is 20.2 Å². The third kappa shape index (κ3) is 4.82. The van der Waals surface area contributed by atoms with E-state index in [2.05, 4.69) is 36.5 Å². The minimum Gasteiger partial charge on any atom is -0.497 e. The molecule has 1 aliphatic carbocycles. The first-order valence-electron chi connectivity index (χ1n) is 8.15. The average Bonchev–Trinajstić information content (AvgIpc) is 2.98. The highest BCUT2D eigenvalue weighted by Gasteiger charge is 2.20. The van der Waals surface area contributed by atoms with E-state index in [0.29, 0.717) is 0 Å². The molecule has 1 aromatic carbocycles. The van der Waals surface area contributed by atoms with Gasteiger partial charge < -0.3 is 10.1 Å². The van der Waals surface area contributed by atoms with Gasteiger partial charge in [-0.3, -0.25) is 0 Å². The summed E-state index contributed by atoms with van der Waals surface area (Å²) in [4.78, 5) is 0. The minimum absolute atomic E-state index is 0.770. The van der Waals surface area contributed by atoms with Crippen LogP contribution in [0.2, 0.25) is 0 Å². The molecule has 0 aromatic heterocycles. The van der Waals surface area contributed by atoms with Crippen molar-refractivity contribution in [3.05, 3.63) is 29.8 Å². The minimum atomic E-state index is 0.770. The van der Waals surface area contributed by atoms with Gasteiger partial charge in [-0.1, -0.05) is 44.7 Å². The molecule has 20 heavy (non-hydrogen) atoms. The first-order chi connectivity index (χ1) is 9.81. The Hall–Kier alpha value is -1.02. The average molecular weight is 275 g/mol. The van der Waals surface area contributed by atoms with Crippen LogP contribution in [0.4, 0.5) is 0 Å². The first-order valence-corrected chi connectivity index (χ1v) is 8.15. The van der Waals surface area contributed by atoms with Crippen LogP contribution in [0.25, 0.3) is 0 Å². The van der Waals surface area contributed by atoms with E-state index in [4.69, 9.17) is 4.74 Å². The summed E-state index contributed by atoms with van der Waals surface area (Å²) >= 11 is 0. The van der Waals surface area contributed by atoms with Gasteiger partial charge in [0.05, 0.1) is 7.11 Å². The summed E-state index contributed by atoms with van der Waals surface area (Å²) in [6.07, 6.45) is 8.37. The first kappa shape index (κ1) is 15.4. The second-order valence-electron chi connectivity index (χ2n) is 6.11. The molecule has 0 amide bonds. The maximum atomic E-state index is 5.23. The maximum absolute atomic E-state index is 5.23. The molecule has 1 saturated carbocycles. The molecular weight excluding hydrogens is 246 g/mol. The molecule has 1 aromatic rings. The van der Waals surface area contributed by atoms with Crippen LogP contribution < -0.4 is 10.1 Å². The van der Waals surface area contributed by atoms with Crippen LogP contribution >= 0.6 is 0 Å². The highest BCUT2D eigenvalue weighted by atomic mass is 16.5. The summed E-state index contributed by atoms with van der Waals surface area (Å²) in [6.45, 7) is 4.42. The lowest BCUT2D eigenvalue weighted by Gasteiger charge is -2.21. The number of hydrogen-bond acceptors (Lipinski definition) is 2. The number of ether oxygens (including phenoxy) is 1. The molecule has 0 aliphatic heterocycles. The summed E-state index contributed by atoms with van der Waals surface area (Å²) in [5.74, 6) is 2.69. The van der Waals surface area contributed by atoms with Crippen molar-refractivity contribution in [3.63, 3.8) is 0 Å². The van der Waals surface area contributed by atoms with Crippen LogP contribution in [-0.2, 0) is 6.42 Å². The summed E-state index contributed by atoms with van der Waals surface area (Å²) in [5.41, 5.74) is 1.44. The van der Waals surface area contributed by atoms with E-state index in [-0.39, 0.29) is 0 Å². The van der Waals surface area contributed by atoms with Gasteiger partial charge in [0.15, 0.2) is 0 Å². The van der Waals surface area contributed by atoms with E-state index >= 15 is 0 Å². The van der Waals surface area contributed by atoms with Gasteiger partial charge >= 0.3 is 0 Å². The van der Waals surface area contributed by atoms with Gasteiger partial charge in [0.25, 0.3) is 0 Å². The fraction of sp³-hybridized carbons (Fsp3) is 0.667. The number of hydrogen-bond donors (Lipinski definition) is 1. The molecule has 1 fully saturated rings. The molecular formula is C18H29NO. The van der Waals surface area contributed by atoms with Crippen molar-refractivity contribution in [2.75, 3.05) is 20.2 Å². The smallest absolute Gasteiger partial charge is 0.118 e. The van der Waals surface area contributed by atoms with Crippen molar-refractivity contribution in [1.29, 1.82) is 0 Å². The second kappa shape index (κ2) is 8.31. The van der Waals surface area contributed by atoms with Crippen molar-refractivity contribution in [2.24, 2.45) is 11.8 Å². The Balaban J connectivity index is 1.90. The highest BCUT2D eigenvalue weighted by molar-refractivity contribution is 5.27. The van der Waals surface area contributed by atoms with Gasteiger partial charge in [-0.25, -0.2) is 0 Å². The van der Waals surface area contributed by atoms with Crippen molar-refractivity contribution >= 4 is 0 Å². The molecule has 0 spiro atoms. The monoisotopic (exact) mass is 275 g/mol. The van der Waals surface area contributed by atoms with Gasteiger partial charge in [-0.15, -0.1) is 0 Å². The number of methoxy groups -OCH3 is 1. The molecule has 2 heteroatoms. The van der Waals surface area contributed by atoms with Crippen LogP contribution in [0.3, 0.4) is 0 Å². The van der Waals surface area contributed by atoms with E-state index in [1.54, 1.807) is 7.11 Å². The SMILES string of the molecule is CCNCC(Cc1ccc(OC)cc1)CC1CCCC1. The van der Waals surface area contributed by atoms with Gasteiger partial charge in [0.1, 0.15) is 5.75 Å². The van der Waals surface area contributed by atoms with Crippen LogP contribution in [0.5, 0.6) is 5.75 Å². The topological polar surface area (TPSA) is 21.3 Å². The number of benzene rings is 1. The van der Waals surface area contributed by atoms with Crippen molar-refractivity contribution in [2.45, 2.75) is 45.4 Å². The molecule has 1 unspecified atom stereocenters. The van der Waals surface area contributed by atoms with Crippen LogP contribution in [0, 0.1) is 11.8 Å². The van der Waals surface area contributed by atoms with E-state index in [0.717, 1.165) is 30.7 Å². The third-order valence-corrected chi connectivity index (χ3v) is 4.51. The van der Waals surface area contributed by atoms with Crippen LogP contribution in [0.15, 0.2) is 24.3 Å². The zero-order valence-electron chi connectivity index (χ0n) is 13.0. The summed E-state index contributed by atoms with van der Waals surface area (Å²) in [7, 11) is 1.73. The van der Waals surface area contributed by atoms with Gasteiger partial charge in [-0.05, 0) is 55.5 Å². The fourth-order valence-corrected chi connectivity index (χ4v) is 3.40. The zero-order valence-corrected chi connectivity index (χ0v) is 13.0. The Labute approximate surface area is 123 Å². The second-order valence-corrected chi connectivity index (χ2v) is 6.11. The Bertz CT molecular complexity index is 368. The molecule has 0 saturated heterocycles. The van der Waals surface area contributed by atoms with Gasteiger partial charge in [0, 0.05) is 0 Å². The highest BCUT2D eigenvalue weighted by Crippen LogP contribution is 2.31. The Kier molecular flexibility index (Phi) is 6.38. The van der Waals surface area contributed by atoms with Crippen molar-refractivity contribution in [3.8, 4) is 5.75 Å². The lowest BCUT2D eigenvalue weighted by atomic mass is 9.88. The molecule has 2 rings (SSSR count). The third-order valence-electron chi connectivity index (χ3n) is 4.51. The zero-order chi connectivity index (χ0) is 14.2. The maximum Gasteiger partial charge on any atom is 0.118 e. The molecule has 0 bridgehead atoms. The Morgan fingerprint density at radius 3 is 2.50 bits per heavy atom. The quantitative estimate of drug-likeness (QED) is 0.773.